The predicted octanol–water partition coefficient (Wildman–Crippen LogP) is 5.59. The van der Waals surface area contributed by atoms with Gasteiger partial charge < -0.3 is 10.2 Å². The number of hydrogen-bond donors (Lipinski definition) is 1. The van der Waals surface area contributed by atoms with Gasteiger partial charge in [-0.3, -0.25) is 13.9 Å². The number of benzene rings is 3. The van der Waals surface area contributed by atoms with Crippen LogP contribution in [0.1, 0.15) is 31.4 Å². The summed E-state index contributed by atoms with van der Waals surface area (Å²) < 4.78 is 53.8. The highest BCUT2D eigenvalue weighted by Crippen LogP contribution is 2.26. The van der Waals surface area contributed by atoms with E-state index in [0.29, 0.717) is 27.4 Å². The molecule has 2 atom stereocenters. The van der Waals surface area contributed by atoms with Crippen molar-refractivity contribution >= 4 is 50.7 Å². The number of sulfonamides is 1. The Labute approximate surface area is 249 Å². The fourth-order valence-corrected chi connectivity index (χ4v) is 5.39. The molecule has 0 aliphatic rings. The van der Waals surface area contributed by atoms with E-state index in [0.717, 1.165) is 24.0 Å². The van der Waals surface area contributed by atoms with E-state index in [4.69, 9.17) is 23.2 Å². The lowest BCUT2D eigenvalue weighted by Gasteiger charge is -2.34. The van der Waals surface area contributed by atoms with Crippen molar-refractivity contribution in [2.75, 3.05) is 17.1 Å². The van der Waals surface area contributed by atoms with Crippen LogP contribution < -0.4 is 9.62 Å². The van der Waals surface area contributed by atoms with Gasteiger partial charge in [-0.05, 0) is 48.7 Å². The van der Waals surface area contributed by atoms with Crippen LogP contribution in [-0.4, -0.2) is 50.0 Å². The Hall–Kier alpha value is -3.21. The smallest absolute Gasteiger partial charge is 0.244 e. The van der Waals surface area contributed by atoms with Crippen LogP contribution in [0.5, 0.6) is 0 Å². The molecule has 0 saturated heterocycles. The molecule has 2 unspecified atom stereocenters. The van der Waals surface area contributed by atoms with E-state index < -0.39 is 46.1 Å². The molecule has 3 aromatic rings. The molecule has 12 heteroatoms. The summed E-state index contributed by atoms with van der Waals surface area (Å²) in [4.78, 5) is 28.9. The lowest BCUT2D eigenvalue weighted by molar-refractivity contribution is -0.140. The summed E-state index contributed by atoms with van der Waals surface area (Å²) in [5.41, 5.74) is 0.989. The van der Waals surface area contributed by atoms with Crippen LogP contribution in [0, 0.1) is 11.6 Å². The number of carbonyl (C=O) groups is 2. The number of hydrogen-bond acceptors (Lipinski definition) is 4. The average molecular weight is 627 g/mol. The monoisotopic (exact) mass is 625 g/mol. The second-order valence-corrected chi connectivity index (χ2v) is 12.4. The fraction of sp³-hybridized carbons (Fsp3) is 0.310. The second-order valence-electron chi connectivity index (χ2n) is 9.65. The topological polar surface area (TPSA) is 86.8 Å². The summed E-state index contributed by atoms with van der Waals surface area (Å²) in [5.74, 6) is -3.65. The SMILES string of the molecule is CCC(C)NC(=O)C(Cc1ccccc1)N(Cc1ccc(Cl)cc1Cl)C(=O)CN(c1ccc(F)c(F)c1)S(C)(=O)=O. The van der Waals surface area contributed by atoms with E-state index in [2.05, 4.69) is 5.32 Å². The number of nitrogens with zero attached hydrogens (tertiary/aromatic N) is 2. The van der Waals surface area contributed by atoms with Gasteiger partial charge in [0.25, 0.3) is 0 Å². The number of amides is 2. The van der Waals surface area contributed by atoms with Crippen LogP contribution in [0.3, 0.4) is 0 Å². The predicted molar refractivity (Wildman–Crippen MR) is 157 cm³/mol. The minimum atomic E-state index is -4.14. The molecule has 0 aliphatic heterocycles. The van der Waals surface area contributed by atoms with Crippen molar-refractivity contribution in [1.82, 2.24) is 10.2 Å². The third-order valence-corrected chi connectivity index (χ3v) is 8.23. The summed E-state index contributed by atoms with van der Waals surface area (Å²) in [5, 5.41) is 3.53. The summed E-state index contributed by atoms with van der Waals surface area (Å²) in [7, 11) is -4.14. The van der Waals surface area contributed by atoms with Gasteiger partial charge in [-0.25, -0.2) is 17.2 Å². The van der Waals surface area contributed by atoms with Gasteiger partial charge in [0.15, 0.2) is 11.6 Å². The molecule has 0 radical (unpaired) electrons. The Kier molecular flexibility index (Phi) is 11.1. The highest BCUT2D eigenvalue weighted by atomic mass is 35.5. The Morgan fingerprint density at radius 1 is 0.976 bits per heavy atom. The molecule has 0 heterocycles. The molecule has 0 saturated carbocycles. The van der Waals surface area contributed by atoms with Gasteiger partial charge in [0.2, 0.25) is 21.8 Å². The quantitative estimate of drug-likeness (QED) is 0.284. The zero-order valence-corrected chi connectivity index (χ0v) is 25.1. The lowest BCUT2D eigenvalue weighted by Crippen LogP contribution is -2.54. The van der Waals surface area contributed by atoms with Gasteiger partial charge in [-0.1, -0.05) is 66.5 Å². The lowest BCUT2D eigenvalue weighted by atomic mass is 10.0. The molecule has 41 heavy (non-hydrogen) atoms. The Morgan fingerprint density at radius 3 is 2.24 bits per heavy atom. The Morgan fingerprint density at radius 2 is 1.66 bits per heavy atom. The molecular formula is C29H31Cl2F2N3O4S. The van der Waals surface area contributed by atoms with Gasteiger partial charge in [0.1, 0.15) is 12.6 Å². The maximum Gasteiger partial charge on any atom is 0.244 e. The minimum Gasteiger partial charge on any atom is -0.352 e. The zero-order chi connectivity index (χ0) is 30.3. The first-order chi connectivity index (χ1) is 19.3. The van der Waals surface area contributed by atoms with E-state index in [1.54, 1.807) is 24.3 Å². The summed E-state index contributed by atoms with van der Waals surface area (Å²) >= 11 is 12.5. The maximum atomic E-state index is 14.0. The molecule has 220 valence electrons. The third-order valence-electron chi connectivity index (χ3n) is 6.50. The number of nitrogens with one attached hydrogen (secondary N) is 1. The van der Waals surface area contributed by atoms with Crippen molar-refractivity contribution in [2.24, 2.45) is 0 Å². The van der Waals surface area contributed by atoms with E-state index >= 15 is 0 Å². The molecule has 1 N–H and O–H groups in total. The molecule has 3 aromatic carbocycles. The minimum absolute atomic E-state index is 0.115. The highest BCUT2D eigenvalue weighted by molar-refractivity contribution is 7.92. The van der Waals surface area contributed by atoms with Gasteiger partial charge >= 0.3 is 0 Å². The normalized spacial score (nSPS) is 12.9. The molecule has 0 spiro atoms. The van der Waals surface area contributed by atoms with E-state index in [1.807, 2.05) is 32.0 Å². The van der Waals surface area contributed by atoms with E-state index in [9.17, 15) is 26.8 Å². The van der Waals surface area contributed by atoms with Crippen LogP contribution in [0.2, 0.25) is 10.0 Å². The van der Waals surface area contributed by atoms with Crippen molar-refractivity contribution < 1.29 is 26.8 Å². The van der Waals surface area contributed by atoms with Crippen molar-refractivity contribution in [3.8, 4) is 0 Å². The van der Waals surface area contributed by atoms with Crippen LogP contribution in [0.25, 0.3) is 0 Å². The van der Waals surface area contributed by atoms with Crippen molar-refractivity contribution in [1.29, 1.82) is 0 Å². The number of anilines is 1. The standard InChI is InChI=1S/C29H31Cl2F2N3O4S/c1-4-19(2)34-29(38)27(14-20-8-6-5-7-9-20)35(17-21-10-11-22(30)15-24(21)31)28(37)18-36(41(3,39)40)23-12-13-25(32)26(33)16-23/h5-13,15-16,19,27H,4,14,17-18H2,1-3H3,(H,34,38). The first-order valence-electron chi connectivity index (χ1n) is 12.8. The van der Waals surface area contributed by atoms with Crippen molar-refractivity contribution in [2.45, 2.75) is 45.3 Å². The van der Waals surface area contributed by atoms with E-state index in [1.165, 1.54) is 11.0 Å². The maximum absolute atomic E-state index is 14.0. The first kappa shape index (κ1) is 32.3. The van der Waals surface area contributed by atoms with Crippen LogP contribution in [0.15, 0.2) is 66.7 Å². The number of rotatable bonds is 12. The van der Waals surface area contributed by atoms with Gasteiger partial charge in [0, 0.05) is 35.1 Å². The zero-order valence-electron chi connectivity index (χ0n) is 22.8. The van der Waals surface area contributed by atoms with E-state index in [-0.39, 0.29) is 29.7 Å². The van der Waals surface area contributed by atoms with Gasteiger partial charge in [0.05, 0.1) is 11.9 Å². The van der Waals surface area contributed by atoms with Crippen molar-refractivity contribution in [3.63, 3.8) is 0 Å². The average Bonchev–Trinajstić information content (AvgIpc) is 2.91. The molecule has 3 rings (SSSR count). The van der Waals surface area contributed by atoms with Crippen molar-refractivity contribution in [3.05, 3.63) is 99.5 Å². The Bertz CT molecular complexity index is 1490. The van der Waals surface area contributed by atoms with Crippen LogP contribution >= 0.6 is 23.2 Å². The molecule has 0 bridgehead atoms. The molecule has 0 aromatic heterocycles. The van der Waals surface area contributed by atoms with Crippen LogP contribution in [-0.2, 0) is 32.6 Å². The molecule has 2 amide bonds. The first-order valence-corrected chi connectivity index (χ1v) is 15.4. The van der Waals surface area contributed by atoms with Crippen LogP contribution in [0.4, 0.5) is 14.5 Å². The van der Waals surface area contributed by atoms with Gasteiger partial charge in [-0.2, -0.15) is 0 Å². The molecule has 0 aliphatic carbocycles. The summed E-state index contributed by atoms with van der Waals surface area (Å²) in [6.07, 6.45) is 1.60. The largest absolute Gasteiger partial charge is 0.352 e. The van der Waals surface area contributed by atoms with Gasteiger partial charge in [-0.15, -0.1) is 0 Å². The Balaban J connectivity index is 2.10. The number of carbonyl (C=O) groups excluding carboxylic acids is 2. The second kappa shape index (κ2) is 14.1. The third kappa shape index (κ3) is 8.89. The highest BCUT2D eigenvalue weighted by Gasteiger charge is 2.34. The number of halogens is 4. The molecular weight excluding hydrogens is 595 g/mol. The molecule has 0 fully saturated rings. The summed E-state index contributed by atoms with van der Waals surface area (Å²) in [6, 6.07) is 15.0. The summed E-state index contributed by atoms with van der Waals surface area (Å²) in [6.45, 7) is 2.79. The molecule has 7 nitrogen and oxygen atoms in total. The fourth-order valence-electron chi connectivity index (χ4n) is 4.08.